The molecule has 0 aliphatic carbocycles. The van der Waals surface area contributed by atoms with E-state index < -0.39 is 12.0 Å². The van der Waals surface area contributed by atoms with Gasteiger partial charge in [0.05, 0.1) is 47.2 Å². The molecule has 1 aliphatic rings. The average Bonchev–Trinajstić information content (AvgIpc) is 3.20. The summed E-state index contributed by atoms with van der Waals surface area (Å²) in [6.45, 7) is 8.46. The van der Waals surface area contributed by atoms with E-state index in [2.05, 4.69) is 20.9 Å². The van der Waals surface area contributed by atoms with Crippen LogP contribution < -0.4 is 29.1 Å². The van der Waals surface area contributed by atoms with E-state index in [4.69, 9.17) is 18.9 Å². The summed E-state index contributed by atoms with van der Waals surface area (Å²) in [5, 5.41) is 0. The Morgan fingerprint density at radius 3 is 2.47 bits per heavy atom. The van der Waals surface area contributed by atoms with Crippen LogP contribution in [0.15, 0.2) is 61.9 Å². The van der Waals surface area contributed by atoms with E-state index in [1.807, 2.05) is 38.1 Å². The number of allylic oxidation sites excluding steroid dienone is 1. The van der Waals surface area contributed by atoms with Crippen LogP contribution in [0.3, 0.4) is 0 Å². The van der Waals surface area contributed by atoms with Crippen LogP contribution in [0.5, 0.6) is 17.2 Å². The number of aromatic nitrogens is 1. The Bertz CT molecular complexity index is 1570. The predicted molar refractivity (Wildman–Crippen MR) is 150 cm³/mol. The zero-order valence-corrected chi connectivity index (χ0v) is 24.3. The van der Waals surface area contributed by atoms with Gasteiger partial charge in [-0.2, -0.15) is 0 Å². The summed E-state index contributed by atoms with van der Waals surface area (Å²) >= 11 is 4.80. The van der Waals surface area contributed by atoms with Gasteiger partial charge in [0, 0.05) is 17.2 Å². The molecule has 38 heavy (non-hydrogen) atoms. The fourth-order valence-corrected chi connectivity index (χ4v) is 5.84. The van der Waals surface area contributed by atoms with Crippen LogP contribution >= 0.6 is 27.3 Å². The number of carbonyl (C=O) groups excluding carboxylic acids is 1. The number of hydrogen-bond donors (Lipinski definition) is 0. The largest absolute Gasteiger partial charge is 0.496 e. The molecule has 2 heterocycles. The van der Waals surface area contributed by atoms with Crippen molar-refractivity contribution >= 4 is 39.3 Å². The Hall–Kier alpha value is -3.37. The fraction of sp³-hybridized carbons (Fsp3) is 0.321. The van der Waals surface area contributed by atoms with Crippen molar-refractivity contribution in [3.63, 3.8) is 0 Å². The summed E-state index contributed by atoms with van der Waals surface area (Å²) in [5.74, 6) is 1.28. The minimum Gasteiger partial charge on any atom is -0.496 e. The van der Waals surface area contributed by atoms with Crippen molar-refractivity contribution in [1.82, 2.24) is 4.57 Å². The molecule has 0 fully saturated rings. The van der Waals surface area contributed by atoms with Crippen molar-refractivity contribution in [2.24, 2.45) is 4.99 Å². The zero-order chi connectivity index (χ0) is 27.4. The van der Waals surface area contributed by atoms with E-state index in [-0.39, 0.29) is 12.2 Å². The molecule has 0 bridgehead atoms. The molecule has 0 amide bonds. The van der Waals surface area contributed by atoms with E-state index in [1.54, 1.807) is 39.2 Å². The van der Waals surface area contributed by atoms with E-state index in [1.165, 1.54) is 15.9 Å². The number of carbonyl (C=O) groups is 1. The standard InChI is InChI=1S/C28H29BrN2O6S/c1-6-35-21-15-22(36-7-2)19(29)13-17(21)14-23-26(32)31-25(18-11-9-10-12-20(18)34-5)24(27(33)37-8-3)16(4)30-28(31)38-23/h9-15,25H,6-8H2,1-5H3/b23-14-/t25-/m0/s1. The normalized spacial score (nSPS) is 15.1. The number of fused-ring (bicyclic) bond motifs is 1. The fourth-order valence-electron chi connectivity index (χ4n) is 4.33. The Kier molecular flexibility index (Phi) is 8.73. The maximum atomic E-state index is 13.9. The zero-order valence-electron chi connectivity index (χ0n) is 21.9. The number of nitrogens with zero attached hydrogens (tertiary/aromatic N) is 2. The molecule has 3 aromatic rings. The quantitative estimate of drug-likeness (QED) is 0.339. The van der Waals surface area contributed by atoms with E-state index in [0.717, 1.165) is 4.47 Å². The molecular formula is C28H29BrN2O6S. The van der Waals surface area contributed by atoms with Gasteiger partial charge in [0.2, 0.25) is 0 Å². The van der Waals surface area contributed by atoms with Crippen molar-refractivity contribution in [2.45, 2.75) is 33.7 Å². The maximum Gasteiger partial charge on any atom is 0.338 e. The minimum atomic E-state index is -0.762. The lowest BCUT2D eigenvalue weighted by molar-refractivity contribution is -0.139. The molecule has 10 heteroatoms. The molecule has 1 aliphatic heterocycles. The number of esters is 1. The third kappa shape index (κ3) is 5.28. The molecule has 1 aromatic heterocycles. The number of thiazole rings is 1. The number of ether oxygens (including phenoxy) is 4. The molecule has 0 radical (unpaired) electrons. The average molecular weight is 602 g/mol. The first-order chi connectivity index (χ1) is 18.3. The highest BCUT2D eigenvalue weighted by molar-refractivity contribution is 9.10. The molecule has 0 saturated heterocycles. The Labute approximate surface area is 233 Å². The molecule has 0 spiro atoms. The summed E-state index contributed by atoms with van der Waals surface area (Å²) in [4.78, 5) is 32.2. The van der Waals surface area contributed by atoms with Gasteiger partial charge in [-0.05, 0) is 61.8 Å². The summed E-state index contributed by atoms with van der Waals surface area (Å²) < 4.78 is 25.3. The van der Waals surface area contributed by atoms with E-state index in [9.17, 15) is 9.59 Å². The molecule has 200 valence electrons. The van der Waals surface area contributed by atoms with Gasteiger partial charge in [-0.3, -0.25) is 9.36 Å². The second kappa shape index (κ2) is 12.0. The van der Waals surface area contributed by atoms with Gasteiger partial charge >= 0.3 is 5.97 Å². The van der Waals surface area contributed by atoms with Crippen molar-refractivity contribution < 1.29 is 23.7 Å². The molecule has 4 rings (SSSR count). The maximum absolute atomic E-state index is 13.9. The van der Waals surface area contributed by atoms with Gasteiger partial charge in [0.15, 0.2) is 4.80 Å². The third-order valence-electron chi connectivity index (χ3n) is 5.90. The summed E-state index contributed by atoms with van der Waals surface area (Å²) in [6.07, 6.45) is 1.78. The Morgan fingerprint density at radius 1 is 1.08 bits per heavy atom. The number of para-hydroxylation sites is 1. The first kappa shape index (κ1) is 27.7. The molecule has 8 nitrogen and oxygen atoms in total. The summed E-state index contributed by atoms with van der Waals surface area (Å²) in [6, 6.07) is 10.2. The number of rotatable bonds is 9. The second-order valence-electron chi connectivity index (χ2n) is 8.23. The highest BCUT2D eigenvalue weighted by Crippen LogP contribution is 2.36. The monoisotopic (exact) mass is 600 g/mol. The highest BCUT2D eigenvalue weighted by Gasteiger charge is 2.35. The van der Waals surface area contributed by atoms with Crippen molar-refractivity contribution in [1.29, 1.82) is 0 Å². The van der Waals surface area contributed by atoms with Gasteiger partial charge < -0.3 is 18.9 Å². The molecule has 0 unspecified atom stereocenters. The predicted octanol–water partition coefficient (Wildman–Crippen LogP) is 4.37. The van der Waals surface area contributed by atoms with Crippen molar-refractivity contribution in [3.05, 3.63) is 83.0 Å². The Balaban J connectivity index is 1.97. The minimum absolute atomic E-state index is 0.200. The smallest absolute Gasteiger partial charge is 0.338 e. The van der Waals surface area contributed by atoms with Crippen LogP contribution in [0.4, 0.5) is 0 Å². The van der Waals surface area contributed by atoms with Gasteiger partial charge in [0.1, 0.15) is 23.3 Å². The van der Waals surface area contributed by atoms with Crippen LogP contribution in [0.2, 0.25) is 0 Å². The van der Waals surface area contributed by atoms with Crippen LogP contribution in [-0.2, 0) is 9.53 Å². The second-order valence-corrected chi connectivity index (χ2v) is 10.1. The third-order valence-corrected chi connectivity index (χ3v) is 7.50. The molecule has 1 atom stereocenters. The van der Waals surface area contributed by atoms with Gasteiger partial charge in [0.25, 0.3) is 5.56 Å². The highest BCUT2D eigenvalue weighted by atomic mass is 79.9. The molecule has 0 saturated carbocycles. The number of hydrogen-bond acceptors (Lipinski definition) is 8. The molecule has 2 aromatic carbocycles. The number of methoxy groups -OCH3 is 1. The van der Waals surface area contributed by atoms with Crippen molar-refractivity contribution in [3.8, 4) is 17.2 Å². The molecule has 0 N–H and O–H groups in total. The van der Waals surface area contributed by atoms with Crippen LogP contribution in [-0.4, -0.2) is 37.5 Å². The van der Waals surface area contributed by atoms with E-state index in [0.29, 0.717) is 62.2 Å². The van der Waals surface area contributed by atoms with Crippen LogP contribution in [0, 0.1) is 0 Å². The first-order valence-electron chi connectivity index (χ1n) is 12.3. The first-order valence-corrected chi connectivity index (χ1v) is 13.9. The lowest BCUT2D eigenvalue weighted by Crippen LogP contribution is -2.40. The van der Waals surface area contributed by atoms with Crippen LogP contribution in [0.1, 0.15) is 44.9 Å². The van der Waals surface area contributed by atoms with Crippen molar-refractivity contribution in [2.75, 3.05) is 26.9 Å². The topological polar surface area (TPSA) is 88.4 Å². The van der Waals surface area contributed by atoms with Gasteiger partial charge in [-0.15, -0.1) is 0 Å². The summed E-state index contributed by atoms with van der Waals surface area (Å²) in [7, 11) is 1.56. The number of halogens is 1. The van der Waals surface area contributed by atoms with Gasteiger partial charge in [-0.1, -0.05) is 29.5 Å². The lowest BCUT2D eigenvalue weighted by atomic mass is 9.95. The SMILES string of the molecule is CCOC(=O)C1=C(C)N=c2s/c(=C\c3cc(Br)c(OCC)cc3OCC)c(=O)n2[C@H]1c1ccccc1OC. The molecular weight excluding hydrogens is 572 g/mol. The van der Waals surface area contributed by atoms with Gasteiger partial charge in [-0.25, -0.2) is 9.79 Å². The van der Waals surface area contributed by atoms with Crippen LogP contribution in [0.25, 0.3) is 6.08 Å². The summed E-state index contributed by atoms with van der Waals surface area (Å²) in [5.41, 5.74) is 1.88. The lowest BCUT2D eigenvalue weighted by Gasteiger charge is -2.25. The Morgan fingerprint density at radius 2 is 1.79 bits per heavy atom. The number of benzene rings is 2. The van der Waals surface area contributed by atoms with E-state index >= 15 is 0 Å².